The van der Waals surface area contributed by atoms with Gasteiger partial charge in [0.15, 0.2) is 4.34 Å². The molecule has 1 amide bonds. The number of ether oxygens (including phenoxy) is 1. The fourth-order valence-electron chi connectivity index (χ4n) is 1.64. The summed E-state index contributed by atoms with van der Waals surface area (Å²) in [4.78, 5) is 25.3. The highest BCUT2D eigenvalue weighted by atomic mass is 32.2. The Labute approximate surface area is 128 Å². The first kappa shape index (κ1) is 15.4. The van der Waals surface area contributed by atoms with Gasteiger partial charge >= 0.3 is 5.97 Å². The summed E-state index contributed by atoms with van der Waals surface area (Å²) in [5.74, 6) is 0.713. The number of hydrogen-bond acceptors (Lipinski definition) is 9. The van der Waals surface area contributed by atoms with Crippen molar-refractivity contribution in [3.8, 4) is 0 Å². The molecule has 10 heteroatoms. The summed E-state index contributed by atoms with van der Waals surface area (Å²) >= 11 is 4.09. The van der Waals surface area contributed by atoms with Crippen molar-refractivity contribution in [2.75, 3.05) is 37.4 Å². The zero-order valence-electron chi connectivity index (χ0n) is 10.8. The van der Waals surface area contributed by atoms with Crippen molar-refractivity contribution >= 4 is 51.9 Å². The van der Waals surface area contributed by atoms with Crippen LogP contribution in [0.25, 0.3) is 0 Å². The van der Waals surface area contributed by atoms with Gasteiger partial charge in [-0.2, -0.15) is 0 Å². The second-order valence-corrected chi connectivity index (χ2v) is 7.46. The van der Waals surface area contributed by atoms with Crippen LogP contribution in [0.2, 0.25) is 0 Å². The van der Waals surface area contributed by atoms with Gasteiger partial charge in [-0.15, -0.1) is 22.0 Å². The molecular weight excluding hydrogens is 320 g/mol. The Balaban J connectivity index is 1.84. The molecule has 7 nitrogen and oxygen atoms in total. The summed E-state index contributed by atoms with van der Waals surface area (Å²) < 4.78 is 5.39. The lowest BCUT2D eigenvalue weighted by atomic mass is 10.3. The minimum atomic E-state index is -0.292. The third-order valence-corrected chi connectivity index (χ3v) is 5.66. The predicted octanol–water partition coefficient (Wildman–Crippen LogP) is 0.329. The number of esters is 1. The van der Waals surface area contributed by atoms with Crippen molar-refractivity contribution in [2.24, 2.45) is 0 Å². The van der Waals surface area contributed by atoms with Gasteiger partial charge in [-0.1, -0.05) is 23.1 Å². The zero-order valence-corrected chi connectivity index (χ0v) is 13.2. The van der Waals surface area contributed by atoms with E-state index in [2.05, 4.69) is 10.2 Å². The van der Waals surface area contributed by atoms with Crippen LogP contribution in [0.5, 0.6) is 0 Å². The van der Waals surface area contributed by atoms with Crippen LogP contribution in [-0.4, -0.2) is 63.9 Å². The van der Waals surface area contributed by atoms with E-state index < -0.39 is 0 Å². The van der Waals surface area contributed by atoms with Gasteiger partial charge in [-0.05, 0) is 0 Å². The highest BCUT2D eigenvalue weighted by Gasteiger charge is 2.29. The molecule has 0 unspecified atom stereocenters. The Bertz CT molecular complexity index is 496. The average Bonchev–Trinajstić information content (AvgIpc) is 2.89. The normalized spacial score (nSPS) is 18.9. The first-order valence-corrected chi connectivity index (χ1v) is 8.64. The van der Waals surface area contributed by atoms with Crippen LogP contribution in [0.3, 0.4) is 0 Å². The quantitative estimate of drug-likeness (QED) is 0.621. The maximum Gasteiger partial charge on any atom is 0.320 e. The topological polar surface area (TPSA) is 98.4 Å². The largest absolute Gasteiger partial charge is 0.468 e. The van der Waals surface area contributed by atoms with Crippen molar-refractivity contribution in [3.63, 3.8) is 0 Å². The summed E-state index contributed by atoms with van der Waals surface area (Å²) in [6, 6.07) is 0. The number of hydrogen-bond donors (Lipinski definition) is 1. The highest BCUT2D eigenvalue weighted by Crippen LogP contribution is 2.25. The first-order valence-electron chi connectivity index (χ1n) is 5.79. The molecule has 0 radical (unpaired) electrons. The van der Waals surface area contributed by atoms with E-state index in [0.717, 1.165) is 5.75 Å². The van der Waals surface area contributed by atoms with E-state index in [1.54, 1.807) is 4.90 Å². The molecule has 2 heterocycles. The molecular formula is C10H14N4O3S3. The van der Waals surface area contributed by atoms with Gasteiger partial charge in [0.05, 0.1) is 12.9 Å². The van der Waals surface area contributed by atoms with Crippen LogP contribution < -0.4 is 5.73 Å². The van der Waals surface area contributed by atoms with Crippen LogP contribution in [0.15, 0.2) is 4.34 Å². The van der Waals surface area contributed by atoms with E-state index in [0.29, 0.717) is 22.6 Å². The van der Waals surface area contributed by atoms with E-state index in [9.17, 15) is 9.59 Å². The van der Waals surface area contributed by atoms with Crippen LogP contribution in [0.1, 0.15) is 0 Å². The highest BCUT2D eigenvalue weighted by molar-refractivity contribution is 8.01. The van der Waals surface area contributed by atoms with Gasteiger partial charge < -0.3 is 15.4 Å². The summed E-state index contributed by atoms with van der Waals surface area (Å²) in [5, 5.41) is 7.63. The second kappa shape index (κ2) is 7.14. The standard InChI is InChI=1S/C10H14N4O3S3/c1-17-8(16)6-4-14(2-3-18-6)7(15)5-19-10-13-12-9(11)20-10/h6H,2-5H2,1H3,(H2,11,12)/t6-/m1/s1. The number of aromatic nitrogens is 2. The predicted molar refractivity (Wildman–Crippen MR) is 79.9 cm³/mol. The van der Waals surface area contributed by atoms with E-state index in [1.807, 2.05) is 0 Å². The van der Waals surface area contributed by atoms with Crippen molar-refractivity contribution < 1.29 is 14.3 Å². The third-order valence-electron chi connectivity index (χ3n) is 2.62. The zero-order chi connectivity index (χ0) is 14.5. The number of nitrogen functional groups attached to an aromatic ring is 1. The molecule has 1 aliphatic heterocycles. The number of carbonyl (C=O) groups is 2. The monoisotopic (exact) mass is 334 g/mol. The van der Waals surface area contributed by atoms with Crippen LogP contribution >= 0.6 is 34.9 Å². The summed E-state index contributed by atoms with van der Waals surface area (Å²) in [6.07, 6.45) is 0. The van der Waals surface area contributed by atoms with Gasteiger partial charge in [0.25, 0.3) is 0 Å². The van der Waals surface area contributed by atoms with Crippen LogP contribution in [-0.2, 0) is 14.3 Å². The average molecular weight is 334 g/mol. The second-order valence-electron chi connectivity index (χ2n) is 3.92. The van der Waals surface area contributed by atoms with Gasteiger partial charge in [-0.25, -0.2) is 0 Å². The minimum Gasteiger partial charge on any atom is -0.468 e. The Kier molecular flexibility index (Phi) is 5.49. The molecule has 1 aromatic rings. The van der Waals surface area contributed by atoms with E-state index >= 15 is 0 Å². The SMILES string of the molecule is COC(=O)[C@H]1CN(C(=O)CSc2nnc(N)s2)CCS1. The maximum absolute atomic E-state index is 12.1. The number of thioether (sulfide) groups is 2. The number of methoxy groups -OCH3 is 1. The summed E-state index contributed by atoms with van der Waals surface area (Å²) in [6.45, 7) is 1.05. The molecule has 0 aromatic carbocycles. The molecule has 0 spiro atoms. The Morgan fingerprint density at radius 1 is 1.55 bits per heavy atom. The maximum atomic E-state index is 12.1. The molecule has 1 fully saturated rings. The summed E-state index contributed by atoms with van der Waals surface area (Å²) in [7, 11) is 1.36. The molecule has 0 saturated carbocycles. The molecule has 0 bridgehead atoms. The Hall–Kier alpha value is -1.00. The lowest BCUT2D eigenvalue weighted by Gasteiger charge is -2.30. The lowest BCUT2D eigenvalue weighted by Crippen LogP contribution is -2.45. The lowest BCUT2D eigenvalue weighted by molar-refractivity contribution is -0.141. The smallest absolute Gasteiger partial charge is 0.320 e. The molecule has 2 rings (SSSR count). The number of nitrogens with two attached hydrogens (primary N) is 1. The van der Waals surface area contributed by atoms with Crippen LogP contribution in [0, 0.1) is 0 Å². The van der Waals surface area contributed by atoms with Gasteiger partial charge in [0, 0.05) is 18.8 Å². The molecule has 1 saturated heterocycles. The number of amides is 1. The number of rotatable bonds is 4. The van der Waals surface area contributed by atoms with E-state index in [1.165, 1.54) is 42.0 Å². The fourth-order valence-corrected chi connectivity index (χ4v) is 4.31. The number of carbonyl (C=O) groups excluding carboxylic acids is 2. The van der Waals surface area contributed by atoms with Gasteiger partial charge in [-0.3, -0.25) is 9.59 Å². The van der Waals surface area contributed by atoms with Crippen molar-refractivity contribution in [3.05, 3.63) is 0 Å². The van der Waals surface area contributed by atoms with Crippen molar-refractivity contribution in [2.45, 2.75) is 9.59 Å². The minimum absolute atomic E-state index is 0.0158. The Morgan fingerprint density at radius 2 is 2.35 bits per heavy atom. The van der Waals surface area contributed by atoms with Crippen molar-refractivity contribution in [1.82, 2.24) is 15.1 Å². The molecule has 1 atom stereocenters. The molecule has 110 valence electrons. The van der Waals surface area contributed by atoms with Crippen LogP contribution in [0.4, 0.5) is 5.13 Å². The number of anilines is 1. The number of nitrogens with zero attached hydrogens (tertiary/aromatic N) is 3. The molecule has 0 aliphatic carbocycles. The first-order chi connectivity index (χ1) is 9.60. The molecule has 1 aromatic heterocycles. The molecule has 20 heavy (non-hydrogen) atoms. The third kappa shape index (κ3) is 4.00. The van der Waals surface area contributed by atoms with Gasteiger partial charge in [0.1, 0.15) is 5.25 Å². The van der Waals surface area contributed by atoms with E-state index in [-0.39, 0.29) is 22.9 Å². The van der Waals surface area contributed by atoms with E-state index in [4.69, 9.17) is 10.5 Å². The van der Waals surface area contributed by atoms with Crippen molar-refractivity contribution in [1.29, 1.82) is 0 Å². The molecule has 2 N–H and O–H groups in total. The summed E-state index contributed by atoms with van der Waals surface area (Å²) in [5.41, 5.74) is 5.48. The van der Waals surface area contributed by atoms with Gasteiger partial charge in [0.2, 0.25) is 11.0 Å². The Morgan fingerprint density at radius 3 is 3.00 bits per heavy atom. The molecule has 1 aliphatic rings. The fraction of sp³-hybridized carbons (Fsp3) is 0.600.